The molecule has 0 saturated carbocycles. The van der Waals surface area contributed by atoms with E-state index in [4.69, 9.17) is 11.5 Å². The number of para-hydroxylation sites is 1. The van der Waals surface area contributed by atoms with Crippen molar-refractivity contribution in [2.45, 2.75) is 134 Å². The normalized spacial score (nSPS) is 12.7. The Morgan fingerprint density at radius 1 is 0.737 bits per heavy atom. The SMILES string of the molecule is CCCCCCCCCCCCCCCCCC[C@](CCC(N)=O)(C(=O)O)N(C(=O)CN)c1ccccc1. The molecule has 7 nitrogen and oxygen atoms in total. The maximum absolute atomic E-state index is 12.9. The van der Waals surface area contributed by atoms with Crippen molar-refractivity contribution >= 4 is 23.5 Å². The number of carboxylic acids is 1. The van der Waals surface area contributed by atoms with Gasteiger partial charge in [-0.1, -0.05) is 128 Å². The number of amides is 2. The summed E-state index contributed by atoms with van der Waals surface area (Å²) in [5, 5.41) is 10.4. The Kier molecular flexibility index (Phi) is 18.2. The Labute approximate surface area is 230 Å². The number of anilines is 1. The fourth-order valence-electron chi connectivity index (χ4n) is 5.25. The molecule has 0 fully saturated rings. The number of primary amides is 1. The molecule has 216 valence electrons. The van der Waals surface area contributed by atoms with Crippen LogP contribution < -0.4 is 16.4 Å². The Morgan fingerprint density at radius 3 is 1.58 bits per heavy atom. The van der Waals surface area contributed by atoms with Crippen molar-refractivity contribution in [3.8, 4) is 0 Å². The first-order valence-corrected chi connectivity index (χ1v) is 15.0. The molecular weight excluding hydrogens is 478 g/mol. The van der Waals surface area contributed by atoms with Crippen LogP contribution in [-0.4, -0.2) is 35.0 Å². The number of unbranched alkanes of at least 4 members (excludes halogenated alkanes) is 15. The van der Waals surface area contributed by atoms with Gasteiger partial charge in [-0.15, -0.1) is 0 Å². The molecule has 0 radical (unpaired) electrons. The molecule has 1 rings (SSSR count). The number of aliphatic carboxylic acids is 1. The topological polar surface area (TPSA) is 127 Å². The lowest BCUT2D eigenvalue weighted by Gasteiger charge is -2.41. The molecule has 0 saturated heterocycles. The molecule has 0 unspecified atom stereocenters. The molecule has 1 aromatic carbocycles. The molecule has 7 heteroatoms. The Balaban J connectivity index is 2.49. The number of carbonyl (C=O) groups excluding carboxylic acids is 2. The van der Waals surface area contributed by atoms with Gasteiger partial charge in [-0.25, -0.2) is 4.79 Å². The second-order valence-corrected chi connectivity index (χ2v) is 10.6. The number of nitrogens with zero attached hydrogens (tertiary/aromatic N) is 1. The molecular formula is C31H53N3O4. The van der Waals surface area contributed by atoms with Gasteiger partial charge < -0.3 is 16.6 Å². The first-order valence-electron chi connectivity index (χ1n) is 15.0. The lowest BCUT2D eigenvalue weighted by atomic mass is 9.84. The van der Waals surface area contributed by atoms with Gasteiger partial charge in [0.25, 0.3) is 0 Å². The van der Waals surface area contributed by atoms with Crippen LogP contribution in [0.3, 0.4) is 0 Å². The lowest BCUT2D eigenvalue weighted by molar-refractivity contribution is -0.146. The van der Waals surface area contributed by atoms with E-state index in [-0.39, 0.29) is 25.8 Å². The van der Waals surface area contributed by atoms with E-state index in [0.717, 1.165) is 19.3 Å². The van der Waals surface area contributed by atoms with Gasteiger partial charge in [0, 0.05) is 12.1 Å². The number of hydrogen-bond donors (Lipinski definition) is 3. The minimum atomic E-state index is -1.57. The molecule has 1 aromatic rings. The average Bonchev–Trinajstić information content (AvgIpc) is 2.91. The monoisotopic (exact) mass is 531 g/mol. The van der Waals surface area contributed by atoms with Gasteiger partial charge in [0.05, 0.1) is 6.54 Å². The van der Waals surface area contributed by atoms with Crippen molar-refractivity contribution < 1.29 is 19.5 Å². The highest BCUT2D eigenvalue weighted by Crippen LogP contribution is 2.34. The van der Waals surface area contributed by atoms with Crippen LogP contribution in [0.5, 0.6) is 0 Å². The van der Waals surface area contributed by atoms with E-state index in [1.165, 1.54) is 81.9 Å². The van der Waals surface area contributed by atoms with Crippen molar-refractivity contribution in [2.24, 2.45) is 11.5 Å². The van der Waals surface area contributed by atoms with Gasteiger partial charge >= 0.3 is 5.97 Å². The number of rotatable bonds is 24. The van der Waals surface area contributed by atoms with Crippen LogP contribution in [0.4, 0.5) is 5.69 Å². The molecule has 2 amide bonds. The molecule has 0 aromatic heterocycles. The number of carbonyl (C=O) groups is 3. The van der Waals surface area contributed by atoms with E-state index in [1.54, 1.807) is 30.3 Å². The van der Waals surface area contributed by atoms with E-state index in [9.17, 15) is 19.5 Å². The molecule has 0 aliphatic carbocycles. The highest BCUT2D eigenvalue weighted by Gasteiger charge is 2.46. The predicted octanol–water partition coefficient (Wildman–Crippen LogP) is 6.72. The second kappa shape index (κ2) is 20.5. The molecule has 0 bridgehead atoms. The molecule has 0 heterocycles. The van der Waals surface area contributed by atoms with E-state index in [1.807, 2.05) is 0 Å². The summed E-state index contributed by atoms with van der Waals surface area (Å²) >= 11 is 0. The maximum atomic E-state index is 12.9. The Hall–Kier alpha value is -2.41. The summed E-state index contributed by atoms with van der Waals surface area (Å²) in [6.07, 6.45) is 19.7. The van der Waals surface area contributed by atoms with Crippen LogP contribution in [-0.2, 0) is 14.4 Å². The van der Waals surface area contributed by atoms with Crippen molar-refractivity contribution in [2.75, 3.05) is 11.4 Å². The van der Waals surface area contributed by atoms with Crippen molar-refractivity contribution in [1.29, 1.82) is 0 Å². The number of hydrogen-bond acceptors (Lipinski definition) is 4. The molecule has 1 atom stereocenters. The summed E-state index contributed by atoms with van der Waals surface area (Å²) in [7, 11) is 0. The highest BCUT2D eigenvalue weighted by atomic mass is 16.4. The number of carboxylic acid groups (broad SMARTS) is 1. The van der Waals surface area contributed by atoms with Crippen LogP contribution in [0.15, 0.2) is 30.3 Å². The molecule has 0 aliphatic heterocycles. The van der Waals surface area contributed by atoms with E-state index in [2.05, 4.69) is 6.92 Å². The minimum Gasteiger partial charge on any atom is -0.479 e. The zero-order valence-corrected chi connectivity index (χ0v) is 23.8. The molecule has 38 heavy (non-hydrogen) atoms. The van der Waals surface area contributed by atoms with Crippen LogP contribution in [0.25, 0.3) is 0 Å². The Morgan fingerprint density at radius 2 is 1.18 bits per heavy atom. The van der Waals surface area contributed by atoms with Crippen LogP contribution >= 0.6 is 0 Å². The van der Waals surface area contributed by atoms with Crippen LogP contribution in [0.2, 0.25) is 0 Å². The first-order chi connectivity index (χ1) is 18.4. The minimum absolute atomic E-state index is 0.0446. The van der Waals surface area contributed by atoms with Gasteiger partial charge in [-0.2, -0.15) is 0 Å². The number of benzene rings is 1. The maximum Gasteiger partial charge on any atom is 0.330 e. The molecule has 0 aliphatic rings. The summed E-state index contributed by atoms with van der Waals surface area (Å²) in [4.78, 5) is 38.4. The summed E-state index contributed by atoms with van der Waals surface area (Å²) < 4.78 is 0. The fraction of sp³-hybridized carbons (Fsp3) is 0.710. The third kappa shape index (κ3) is 12.9. The lowest BCUT2D eigenvalue weighted by Crippen LogP contribution is -2.59. The van der Waals surface area contributed by atoms with E-state index >= 15 is 0 Å². The standard InChI is InChI=1S/C31H53N3O4/c1-2-3-4-5-6-7-8-9-10-11-12-13-14-15-16-20-24-31(30(37)38,25-23-28(33)35)34(29(36)26-32)27-21-18-17-19-22-27/h17-19,21-22H,2-16,20,23-26,32H2,1H3,(H2,33,35)(H,37,38)/t31-/m0/s1. The third-order valence-electron chi connectivity index (χ3n) is 7.49. The summed E-state index contributed by atoms with van der Waals surface area (Å²) in [5.74, 6) is -2.21. The van der Waals surface area contributed by atoms with Gasteiger partial charge in [0.1, 0.15) is 5.54 Å². The smallest absolute Gasteiger partial charge is 0.330 e. The number of nitrogens with two attached hydrogens (primary N) is 2. The quantitative estimate of drug-likeness (QED) is 0.128. The van der Waals surface area contributed by atoms with Crippen molar-refractivity contribution in [3.63, 3.8) is 0 Å². The molecule has 5 N–H and O–H groups in total. The second-order valence-electron chi connectivity index (χ2n) is 10.6. The van der Waals surface area contributed by atoms with Gasteiger partial charge in [0.2, 0.25) is 11.8 Å². The zero-order chi connectivity index (χ0) is 28.1. The van der Waals surface area contributed by atoms with Gasteiger partial charge in [0.15, 0.2) is 0 Å². The first kappa shape index (κ1) is 33.6. The van der Waals surface area contributed by atoms with E-state index < -0.39 is 23.3 Å². The van der Waals surface area contributed by atoms with Crippen LogP contribution in [0.1, 0.15) is 129 Å². The van der Waals surface area contributed by atoms with Crippen molar-refractivity contribution in [1.82, 2.24) is 0 Å². The largest absolute Gasteiger partial charge is 0.479 e. The zero-order valence-electron chi connectivity index (χ0n) is 23.8. The summed E-state index contributed by atoms with van der Waals surface area (Å²) in [6.45, 7) is 1.94. The summed E-state index contributed by atoms with van der Waals surface area (Å²) in [6, 6.07) is 8.70. The van der Waals surface area contributed by atoms with Gasteiger partial charge in [-0.3, -0.25) is 14.5 Å². The highest BCUT2D eigenvalue weighted by molar-refractivity contribution is 6.02. The third-order valence-corrected chi connectivity index (χ3v) is 7.49. The van der Waals surface area contributed by atoms with Crippen molar-refractivity contribution in [3.05, 3.63) is 30.3 Å². The average molecular weight is 532 g/mol. The fourth-order valence-corrected chi connectivity index (χ4v) is 5.25. The van der Waals surface area contributed by atoms with Crippen LogP contribution in [0, 0.1) is 0 Å². The summed E-state index contributed by atoms with van der Waals surface area (Å²) in [5.41, 5.74) is 9.95. The van der Waals surface area contributed by atoms with E-state index in [0.29, 0.717) is 12.1 Å². The van der Waals surface area contributed by atoms with Gasteiger partial charge in [-0.05, 0) is 25.0 Å². The Bertz CT molecular complexity index is 787. The predicted molar refractivity (Wildman–Crippen MR) is 156 cm³/mol. The molecule has 0 spiro atoms.